The molecule has 0 amide bonds. The summed E-state index contributed by atoms with van der Waals surface area (Å²) in [7, 11) is 1.64. The van der Waals surface area contributed by atoms with Crippen LogP contribution in [0.25, 0.3) is 0 Å². The van der Waals surface area contributed by atoms with E-state index in [4.69, 9.17) is 14.2 Å². The highest BCUT2D eigenvalue weighted by atomic mass is 16.5. The van der Waals surface area contributed by atoms with Gasteiger partial charge in [0.1, 0.15) is 17.2 Å². The lowest BCUT2D eigenvalue weighted by molar-refractivity contribution is 0.412. The van der Waals surface area contributed by atoms with Crippen LogP contribution in [0.4, 0.5) is 5.69 Å². The fourth-order valence-electron chi connectivity index (χ4n) is 2.61. The van der Waals surface area contributed by atoms with Gasteiger partial charge in [-0.15, -0.1) is 0 Å². The van der Waals surface area contributed by atoms with Gasteiger partial charge in [-0.25, -0.2) is 4.99 Å². The lowest BCUT2D eigenvalue weighted by Gasteiger charge is -2.11. The van der Waals surface area contributed by atoms with Gasteiger partial charge in [0.2, 0.25) is 5.90 Å². The number of benzene rings is 3. The molecule has 0 saturated carbocycles. The van der Waals surface area contributed by atoms with Crippen LogP contribution in [-0.4, -0.2) is 13.0 Å². The molecule has 0 fully saturated rings. The number of aliphatic imine (C=N–C) groups is 1. The average Bonchev–Trinajstić information content (AvgIpc) is 2.78. The second-order valence-corrected chi connectivity index (χ2v) is 6.45. The van der Waals surface area contributed by atoms with Crippen molar-refractivity contribution in [3.05, 3.63) is 96.3 Å². The van der Waals surface area contributed by atoms with Gasteiger partial charge in [-0.2, -0.15) is 0 Å². The average molecular weight is 387 g/mol. The second-order valence-electron chi connectivity index (χ2n) is 6.45. The Bertz CT molecular complexity index is 976. The van der Waals surface area contributed by atoms with Crippen molar-refractivity contribution >= 4 is 11.6 Å². The third kappa shape index (κ3) is 5.98. The number of para-hydroxylation sites is 1. The zero-order valence-electron chi connectivity index (χ0n) is 17.0. The predicted octanol–water partition coefficient (Wildman–Crippen LogP) is 6.35. The van der Waals surface area contributed by atoms with E-state index in [0.717, 1.165) is 29.2 Å². The maximum absolute atomic E-state index is 6.13. The van der Waals surface area contributed by atoms with Crippen LogP contribution >= 0.6 is 0 Å². The van der Waals surface area contributed by atoms with E-state index in [1.807, 2.05) is 79.7 Å². The van der Waals surface area contributed by atoms with E-state index >= 15 is 0 Å². The number of hydrogen-bond donors (Lipinski definition) is 0. The highest BCUT2D eigenvalue weighted by Gasteiger charge is 2.08. The van der Waals surface area contributed by atoms with E-state index in [1.54, 1.807) is 13.4 Å². The second kappa shape index (κ2) is 10.1. The first kappa shape index (κ1) is 20.2. The molecule has 0 aliphatic heterocycles. The number of rotatable bonds is 7. The van der Waals surface area contributed by atoms with E-state index in [1.165, 1.54) is 5.56 Å². The van der Waals surface area contributed by atoms with Crippen molar-refractivity contribution in [2.24, 2.45) is 4.99 Å². The molecule has 0 radical (unpaired) electrons. The van der Waals surface area contributed by atoms with Crippen molar-refractivity contribution in [1.82, 2.24) is 0 Å². The minimum atomic E-state index is 0.484. The SMILES string of the molecule is CCc1cccc(O/C(=N/c2ccccc2)C(C)=COc2ccc(OC)cc2)c1. The summed E-state index contributed by atoms with van der Waals surface area (Å²) in [4.78, 5) is 4.68. The fraction of sp³-hybridized carbons (Fsp3) is 0.160. The van der Waals surface area contributed by atoms with E-state index in [-0.39, 0.29) is 0 Å². The maximum Gasteiger partial charge on any atom is 0.225 e. The summed E-state index contributed by atoms with van der Waals surface area (Å²) in [6, 6.07) is 25.1. The van der Waals surface area contributed by atoms with Crippen LogP contribution in [0.15, 0.2) is 95.7 Å². The van der Waals surface area contributed by atoms with Crippen molar-refractivity contribution in [2.45, 2.75) is 20.3 Å². The minimum absolute atomic E-state index is 0.484. The normalized spacial score (nSPS) is 11.8. The molecule has 0 spiro atoms. The first-order valence-electron chi connectivity index (χ1n) is 9.56. The molecule has 0 bridgehead atoms. The Hall–Kier alpha value is -3.53. The summed E-state index contributed by atoms with van der Waals surface area (Å²) in [5.74, 6) is 2.72. The number of aryl methyl sites for hydroxylation is 1. The van der Waals surface area contributed by atoms with Crippen LogP contribution in [-0.2, 0) is 6.42 Å². The third-order valence-electron chi connectivity index (χ3n) is 4.28. The number of methoxy groups -OCH3 is 1. The van der Waals surface area contributed by atoms with Crippen LogP contribution in [0, 0.1) is 0 Å². The summed E-state index contributed by atoms with van der Waals surface area (Å²) in [6.07, 6.45) is 2.59. The molecule has 3 rings (SSSR count). The summed E-state index contributed by atoms with van der Waals surface area (Å²) >= 11 is 0. The number of ether oxygens (including phenoxy) is 3. The van der Waals surface area contributed by atoms with Gasteiger partial charge in [-0.05, 0) is 67.4 Å². The Balaban J connectivity index is 1.85. The van der Waals surface area contributed by atoms with Gasteiger partial charge in [0.15, 0.2) is 0 Å². The molecule has 0 aliphatic rings. The van der Waals surface area contributed by atoms with Gasteiger partial charge < -0.3 is 14.2 Å². The highest BCUT2D eigenvalue weighted by molar-refractivity contribution is 5.96. The van der Waals surface area contributed by atoms with Gasteiger partial charge >= 0.3 is 0 Å². The van der Waals surface area contributed by atoms with Gasteiger partial charge in [-0.1, -0.05) is 37.3 Å². The fourth-order valence-corrected chi connectivity index (χ4v) is 2.61. The van der Waals surface area contributed by atoms with Crippen molar-refractivity contribution in [1.29, 1.82) is 0 Å². The smallest absolute Gasteiger partial charge is 0.225 e. The molecular weight excluding hydrogens is 362 g/mol. The molecule has 148 valence electrons. The number of nitrogens with zero attached hydrogens (tertiary/aromatic N) is 1. The highest BCUT2D eigenvalue weighted by Crippen LogP contribution is 2.21. The largest absolute Gasteiger partial charge is 0.497 e. The molecule has 3 aromatic rings. The van der Waals surface area contributed by atoms with E-state index in [2.05, 4.69) is 18.0 Å². The Morgan fingerprint density at radius 3 is 2.28 bits per heavy atom. The molecule has 0 heterocycles. The first-order valence-corrected chi connectivity index (χ1v) is 9.56. The van der Waals surface area contributed by atoms with Gasteiger partial charge in [0.05, 0.1) is 19.1 Å². The molecule has 0 saturated heterocycles. The monoisotopic (exact) mass is 387 g/mol. The quantitative estimate of drug-likeness (QED) is 0.269. The molecule has 0 N–H and O–H groups in total. The van der Waals surface area contributed by atoms with Gasteiger partial charge in [-0.3, -0.25) is 0 Å². The van der Waals surface area contributed by atoms with Crippen LogP contribution in [0.3, 0.4) is 0 Å². The van der Waals surface area contributed by atoms with Crippen LogP contribution in [0.5, 0.6) is 17.2 Å². The first-order chi connectivity index (χ1) is 14.2. The molecule has 3 aromatic carbocycles. The molecule has 4 nitrogen and oxygen atoms in total. The molecule has 0 aliphatic carbocycles. The molecule has 4 heteroatoms. The maximum atomic E-state index is 6.13. The summed E-state index contributed by atoms with van der Waals surface area (Å²) in [5.41, 5.74) is 2.79. The van der Waals surface area contributed by atoms with Crippen LogP contribution in [0.2, 0.25) is 0 Å². The lowest BCUT2D eigenvalue weighted by Crippen LogP contribution is -2.11. The zero-order chi connectivity index (χ0) is 20.5. The topological polar surface area (TPSA) is 40.0 Å². The standard InChI is InChI=1S/C25H25NO3/c1-4-20-9-8-12-24(17-20)29-25(26-21-10-6-5-7-11-21)19(2)18-28-23-15-13-22(27-3)14-16-23/h5-18H,4H2,1-3H3/b19-18?,26-25+. The van der Waals surface area contributed by atoms with E-state index in [0.29, 0.717) is 11.6 Å². The van der Waals surface area contributed by atoms with Crippen molar-refractivity contribution in [3.8, 4) is 17.2 Å². The van der Waals surface area contributed by atoms with Crippen molar-refractivity contribution < 1.29 is 14.2 Å². The lowest BCUT2D eigenvalue weighted by atomic mass is 10.2. The summed E-state index contributed by atoms with van der Waals surface area (Å²) in [5, 5.41) is 0. The van der Waals surface area contributed by atoms with Crippen LogP contribution < -0.4 is 14.2 Å². The third-order valence-corrected chi connectivity index (χ3v) is 4.28. The molecule has 0 aromatic heterocycles. The van der Waals surface area contributed by atoms with Crippen LogP contribution in [0.1, 0.15) is 19.4 Å². The molecule has 0 atom stereocenters. The Labute approximate surface area is 172 Å². The minimum Gasteiger partial charge on any atom is -0.497 e. The molecular formula is C25H25NO3. The predicted molar refractivity (Wildman–Crippen MR) is 117 cm³/mol. The Morgan fingerprint density at radius 2 is 1.59 bits per heavy atom. The van der Waals surface area contributed by atoms with E-state index in [9.17, 15) is 0 Å². The zero-order valence-corrected chi connectivity index (χ0v) is 17.0. The summed E-state index contributed by atoms with van der Waals surface area (Å²) < 4.78 is 17.1. The van der Waals surface area contributed by atoms with Gasteiger partial charge in [0, 0.05) is 5.57 Å². The molecule has 29 heavy (non-hydrogen) atoms. The Kier molecular flexibility index (Phi) is 7.06. The van der Waals surface area contributed by atoms with E-state index < -0.39 is 0 Å². The van der Waals surface area contributed by atoms with Crippen molar-refractivity contribution in [3.63, 3.8) is 0 Å². The molecule has 0 unspecified atom stereocenters. The number of hydrogen-bond acceptors (Lipinski definition) is 4. The summed E-state index contributed by atoms with van der Waals surface area (Å²) in [6.45, 7) is 4.03. The van der Waals surface area contributed by atoms with Gasteiger partial charge in [0.25, 0.3) is 0 Å². The Morgan fingerprint density at radius 1 is 0.862 bits per heavy atom. The van der Waals surface area contributed by atoms with Crippen molar-refractivity contribution in [2.75, 3.05) is 7.11 Å².